The molecule has 6 N–H and O–H groups in total. The van der Waals surface area contributed by atoms with Crippen molar-refractivity contribution in [3.8, 4) is 11.5 Å². The molecular formula is C45H62N8O7. The summed E-state index contributed by atoms with van der Waals surface area (Å²) in [7, 11) is 1.73. The number of aromatic nitrogens is 2. The quantitative estimate of drug-likeness (QED) is 0.115. The van der Waals surface area contributed by atoms with Crippen LogP contribution in [0.2, 0.25) is 0 Å². The normalized spacial score (nSPS) is 15.6. The van der Waals surface area contributed by atoms with Gasteiger partial charge in [-0.2, -0.15) is 0 Å². The zero-order valence-corrected chi connectivity index (χ0v) is 36.3. The molecule has 6 amide bonds. The summed E-state index contributed by atoms with van der Waals surface area (Å²) < 4.78 is 5.75. The molecule has 2 saturated heterocycles. The van der Waals surface area contributed by atoms with Gasteiger partial charge >= 0.3 is 0 Å². The van der Waals surface area contributed by atoms with Crippen molar-refractivity contribution in [1.82, 2.24) is 41.5 Å². The van der Waals surface area contributed by atoms with Crippen molar-refractivity contribution in [2.24, 2.45) is 11.8 Å². The number of H-pyrrole nitrogens is 1. The van der Waals surface area contributed by atoms with Crippen LogP contribution in [0.4, 0.5) is 0 Å². The van der Waals surface area contributed by atoms with Crippen LogP contribution in [0.5, 0.6) is 11.5 Å². The number of hydrogen-bond donors (Lipinski definition) is 6. The predicted molar refractivity (Wildman–Crippen MR) is 232 cm³/mol. The number of ether oxygens (including phenoxy) is 1. The molecule has 0 saturated carbocycles. The van der Waals surface area contributed by atoms with E-state index < -0.39 is 11.8 Å². The summed E-state index contributed by atoms with van der Waals surface area (Å²) >= 11 is 0. The molecule has 2 fully saturated rings. The summed E-state index contributed by atoms with van der Waals surface area (Å²) in [6.07, 6.45) is 1.57. The highest BCUT2D eigenvalue weighted by atomic mass is 16.5. The van der Waals surface area contributed by atoms with Gasteiger partial charge in [0.15, 0.2) is 0 Å². The van der Waals surface area contributed by atoms with Crippen molar-refractivity contribution in [3.05, 3.63) is 90.3 Å². The van der Waals surface area contributed by atoms with Crippen molar-refractivity contribution >= 4 is 46.5 Å². The van der Waals surface area contributed by atoms with Gasteiger partial charge in [-0.1, -0.05) is 42.5 Å². The van der Waals surface area contributed by atoms with E-state index in [4.69, 9.17) is 4.74 Å². The zero-order valence-electron chi connectivity index (χ0n) is 36.3. The molecule has 15 nitrogen and oxygen atoms in total. The van der Waals surface area contributed by atoms with Crippen LogP contribution in [-0.2, 0) is 30.4 Å². The van der Waals surface area contributed by atoms with Crippen LogP contribution in [0.3, 0.4) is 0 Å². The lowest BCUT2D eigenvalue weighted by Gasteiger charge is -2.12. The van der Waals surface area contributed by atoms with Gasteiger partial charge in [-0.25, -0.2) is 4.98 Å². The number of carbonyl (C=O) groups is 6. The third-order valence-electron chi connectivity index (χ3n) is 8.71. The first-order chi connectivity index (χ1) is 28.4. The second-order valence-electron chi connectivity index (χ2n) is 15.7. The van der Waals surface area contributed by atoms with Crippen LogP contribution >= 0.6 is 0 Å². The third-order valence-corrected chi connectivity index (χ3v) is 8.71. The van der Waals surface area contributed by atoms with Crippen LogP contribution < -0.4 is 31.3 Å². The van der Waals surface area contributed by atoms with Gasteiger partial charge in [0.05, 0.1) is 23.0 Å². The molecule has 3 aromatic carbocycles. The van der Waals surface area contributed by atoms with Gasteiger partial charge in [-0.3, -0.25) is 28.8 Å². The van der Waals surface area contributed by atoms with Crippen LogP contribution in [0, 0.1) is 11.8 Å². The number of nitrogens with one attached hydrogen (secondary N) is 6. The fraction of sp³-hybridized carbons (Fsp3) is 0.444. The number of likely N-dealkylation sites (tertiary alicyclic amines) is 1. The van der Waals surface area contributed by atoms with Crippen molar-refractivity contribution in [2.45, 2.75) is 98.8 Å². The van der Waals surface area contributed by atoms with Gasteiger partial charge in [-0.05, 0) is 105 Å². The van der Waals surface area contributed by atoms with Crippen molar-refractivity contribution in [1.29, 1.82) is 0 Å². The molecule has 0 bridgehead atoms. The largest absolute Gasteiger partial charge is 0.457 e. The van der Waals surface area contributed by atoms with Gasteiger partial charge in [0.25, 0.3) is 5.91 Å². The van der Waals surface area contributed by atoms with Crippen molar-refractivity contribution in [3.63, 3.8) is 0 Å². The summed E-state index contributed by atoms with van der Waals surface area (Å²) in [5, 5.41) is 13.8. The molecule has 0 radical (unpaired) electrons. The fourth-order valence-electron chi connectivity index (χ4n) is 5.99. The number of rotatable bonds is 11. The first kappa shape index (κ1) is 48.1. The maximum absolute atomic E-state index is 12.1. The summed E-state index contributed by atoms with van der Waals surface area (Å²) in [5.74, 6) is 0.449. The predicted octanol–water partition coefficient (Wildman–Crippen LogP) is 4.88. The Morgan fingerprint density at radius 2 is 1.28 bits per heavy atom. The Bertz CT molecular complexity index is 2000. The van der Waals surface area contributed by atoms with E-state index in [9.17, 15) is 28.8 Å². The van der Waals surface area contributed by atoms with E-state index in [1.807, 2.05) is 122 Å². The number of amides is 6. The molecule has 3 heterocycles. The van der Waals surface area contributed by atoms with Gasteiger partial charge in [-0.15, -0.1) is 0 Å². The monoisotopic (exact) mass is 826 g/mol. The second-order valence-corrected chi connectivity index (χ2v) is 15.7. The molecule has 2 aliphatic heterocycles. The molecule has 0 spiro atoms. The number of imidazole rings is 1. The molecule has 15 heteroatoms. The lowest BCUT2D eigenvalue weighted by Crippen LogP contribution is -2.39. The summed E-state index contributed by atoms with van der Waals surface area (Å²) in [5.41, 5.74) is 2.41. The molecule has 4 aromatic rings. The lowest BCUT2D eigenvalue weighted by atomic mass is 10.1. The fourth-order valence-corrected chi connectivity index (χ4v) is 5.99. The minimum atomic E-state index is -0.465. The van der Waals surface area contributed by atoms with Gasteiger partial charge in [0.1, 0.15) is 29.2 Å². The van der Waals surface area contributed by atoms with E-state index in [1.54, 1.807) is 24.1 Å². The number of aromatic amines is 1. The Kier molecular flexibility index (Phi) is 19.2. The topological polar surface area (TPSA) is 204 Å². The summed E-state index contributed by atoms with van der Waals surface area (Å²) in [6.45, 7) is 16.6. The average Bonchev–Trinajstić information content (AvgIpc) is 3.89. The minimum absolute atomic E-state index is 0.00550. The maximum atomic E-state index is 12.1. The van der Waals surface area contributed by atoms with Gasteiger partial charge in [0, 0.05) is 44.3 Å². The molecular weight excluding hydrogens is 765 g/mol. The average molecular weight is 827 g/mol. The van der Waals surface area contributed by atoms with Crippen molar-refractivity contribution in [2.75, 3.05) is 20.1 Å². The first-order valence-electron chi connectivity index (χ1n) is 20.4. The second kappa shape index (κ2) is 24.0. The molecule has 60 heavy (non-hydrogen) atoms. The number of nitrogens with zero attached hydrogens (tertiary/aromatic N) is 2. The molecule has 2 unspecified atom stereocenters. The van der Waals surface area contributed by atoms with Crippen molar-refractivity contribution < 1.29 is 33.5 Å². The molecule has 6 rings (SSSR count). The Balaban J connectivity index is 0.000000217. The summed E-state index contributed by atoms with van der Waals surface area (Å²) in [6, 6.07) is 24.9. The van der Waals surface area contributed by atoms with E-state index in [0.29, 0.717) is 55.2 Å². The van der Waals surface area contributed by atoms with Gasteiger partial charge < -0.3 is 41.2 Å². The third kappa shape index (κ3) is 16.2. The zero-order chi connectivity index (χ0) is 44.4. The molecule has 2 aliphatic rings. The van der Waals surface area contributed by atoms with Crippen LogP contribution in [0.1, 0.15) is 84.4 Å². The number of fused-ring (bicyclic) bond motifs is 1. The maximum Gasteiger partial charge on any atom is 0.255 e. The van der Waals surface area contributed by atoms with E-state index in [-0.39, 0.29) is 59.6 Å². The smallest absolute Gasteiger partial charge is 0.255 e. The highest BCUT2D eigenvalue weighted by Crippen LogP contribution is 2.25. The van der Waals surface area contributed by atoms with Gasteiger partial charge in [0.2, 0.25) is 29.5 Å². The highest BCUT2D eigenvalue weighted by Gasteiger charge is 2.35. The first-order valence-corrected chi connectivity index (χ1v) is 20.4. The lowest BCUT2D eigenvalue weighted by molar-refractivity contribution is -0.137. The van der Waals surface area contributed by atoms with E-state index in [1.165, 1.54) is 0 Å². The molecule has 2 atom stereocenters. The standard InChI is InChI=1S/C16H17NO2.C12H15N3O.C9H16N2O2.C8H14N2O2/c1-12(2)17-16(18)14-10-6-7-11-15(14)19-13-8-4-3-5-9-13;1-8(2)13-12(16)7-11-14-9-5-3-4-6-10(9)15-11;1-6(2)10-8(12)7-4-5-11(3)9(7)13;1-5(2)10-8(12)6-3-4-9-7(6)11/h3-12H,1-2H3,(H,17,18);3-6,8H,7H2,1-2H3,(H,13,16)(H,14,15);6-7H,4-5H2,1-3H3,(H,10,12);5-6H,3-4H2,1-2H3,(H,9,11)(H,10,12). The molecule has 1 aromatic heterocycles. The number of carbonyl (C=O) groups excluding carboxylic acids is 6. The Hall–Kier alpha value is -6.25. The van der Waals surface area contributed by atoms with E-state index in [2.05, 4.69) is 36.6 Å². The summed E-state index contributed by atoms with van der Waals surface area (Å²) in [4.78, 5) is 77.8. The Morgan fingerprint density at radius 1 is 0.717 bits per heavy atom. The Labute approximate surface area is 353 Å². The van der Waals surface area contributed by atoms with E-state index >= 15 is 0 Å². The number of benzene rings is 3. The molecule has 0 aliphatic carbocycles. The number of hydrogen-bond acceptors (Lipinski definition) is 8. The van der Waals surface area contributed by atoms with Crippen LogP contribution in [0.25, 0.3) is 11.0 Å². The number of para-hydroxylation sites is 4. The molecule has 324 valence electrons. The highest BCUT2D eigenvalue weighted by molar-refractivity contribution is 6.02. The minimum Gasteiger partial charge on any atom is -0.457 e. The van der Waals surface area contributed by atoms with Crippen LogP contribution in [-0.4, -0.2) is 94.6 Å². The Morgan fingerprint density at radius 3 is 1.83 bits per heavy atom. The van der Waals surface area contributed by atoms with E-state index in [0.717, 1.165) is 11.0 Å². The SMILES string of the molecule is CC(C)NC(=O)C1CCN(C)C1=O.CC(C)NC(=O)C1CCNC1=O.CC(C)NC(=O)Cc1nc2ccccc2[nH]1.CC(C)NC(=O)c1ccccc1Oc1ccccc1. The van der Waals surface area contributed by atoms with Crippen LogP contribution in [0.15, 0.2) is 78.9 Å².